The van der Waals surface area contributed by atoms with Gasteiger partial charge in [-0.15, -0.1) is 0 Å². The molecule has 0 radical (unpaired) electrons. The highest BCUT2D eigenvalue weighted by molar-refractivity contribution is 5.51. The number of hydrogen-bond donors (Lipinski definition) is 1. The maximum Gasteiger partial charge on any atom is 0.157 e. The van der Waals surface area contributed by atoms with Crippen molar-refractivity contribution in [2.45, 2.75) is 20.5 Å². The molecule has 14 heavy (non-hydrogen) atoms. The van der Waals surface area contributed by atoms with Crippen LogP contribution in [0.5, 0.6) is 5.75 Å². The van der Waals surface area contributed by atoms with E-state index >= 15 is 0 Å². The summed E-state index contributed by atoms with van der Waals surface area (Å²) < 4.78 is 5.00. The van der Waals surface area contributed by atoms with E-state index in [1.165, 1.54) is 0 Å². The number of carbonyl (C=O) groups is 1. The lowest BCUT2D eigenvalue weighted by molar-refractivity contribution is -0.109. The molecule has 0 saturated heterocycles. The second-order valence-corrected chi connectivity index (χ2v) is 2.28. The monoisotopic (exact) mass is 196 g/mol. The molecule has 0 aliphatic carbocycles. The zero-order valence-corrected chi connectivity index (χ0v) is 8.56. The average molecular weight is 196 g/mol. The first kappa shape index (κ1) is 12.7. The van der Waals surface area contributed by atoms with Crippen molar-refractivity contribution in [3.63, 3.8) is 0 Å². The predicted octanol–water partition coefficient (Wildman–Crippen LogP) is 1.78. The molecule has 0 amide bonds. The van der Waals surface area contributed by atoms with Crippen LogP contribution in [0, 0.1) is 0 Å². The summed E-state index contributed by atoms with van der Waals surface area (Å²) >= 11 is 0. The van der Waals surface area contributed by atoms with Crippen LogP contribution < -0.4 is 4.74 Å². The van der Waals surface area contributed by atoms with Gasteiger partial charge in [0.05, 0.1) is 6.61 Å². The number of aliphatic hydroxyl groups is 1. The van der Waals surface area contributed by atoms with Gasteiger partial charge in [0.1, 0.15) is 12.4 Å². The number of benzene rings is 1. The number of hydrogen-bond acceptors (Lipinski definition) is 3. The van der Waals surface area contributed by atoms with Gasteiger partial charge in [0.25, 0.3) is 0 Å². The number of ether oxygens (including phenoxy) is 1. The van der Waals surface area contributed by atoms with Crippen LogP contribution in [-0.4, -0.2) is 18.0 Å². The second-order valence-electron chi connectivity index (χ2n) is 2.28. The summed E-state index contributed by atoms with van der Waals surface area (Å²) in [7, 11) is 0. The van der Waals surface area contributed by atoms with Crippen molar-refractivity contribution < 1.29 is 14.6 Å². The first-order valence-electron chi connectivity index (χ1n) is 4.63. The molecule has 0 atom stereocenters. The molecule has 0 spiro atoms. The van der Waals surface area contributed by atoms with Crippen LogP contribution in [0.15, 0.2) is 24.3 Å². The van der Waals surface area contributed by atoms with E-state index in [1.807, 2.05) is 13.8 Å². The summed E-state index contributed by atoms with van der Waals surface area (Å²) in [5, 5.41) is 8.71. The molecule has 0 aliphatic rings. The zero-order valence-electron chi connectivity index (χ0n) is 8.56. The number of rotatable bonds is 4. The molecule has 1 rings (SSSR count). The van der Waals surface area contributed by atoms with E-state index in [2.05, 4.69) is 0 Å². The van der Waals surface area contributed by atoms with Gasteiger partial charge >= 0.3 is 0 Å². The Morgan fingerprint density at radius 1 is 1.29 bits per heavy atom. The van der Waals surface area contributed by atoms with Gasteiger partial charge in [0.15, 0.2) is 6.29 Å². The van der Waals surface area contributed by atoms with Crippen LogP contribution in [0.25, 0.3) is 0 Å². The smallest absolute Gasteiger partial charge is 0.157 e. The maximum atomic E-state index is 9.94. The van der Waals surface area contributed by atoms with Gasteiger partial charge in [-0.05, 0) is 17.7 Å². The molecule has 3 heteroatoms. The maximum absolute atomic E-state index is 9.94. The molecule has 1 aromatic carbocycles. The van der Waals surface area contributed by atoms with Gasteiger partial charge in [-0.25, -0.2) is 0 Å². The summed E-state index contributed by atoms with van der Waals surface area (Å²) in [6.07, 6.45) is 0.694. The number of aldehydes is 1. The molecule has 1 N–H and O–H groups in total. The van der Waals surface area contributed by atoms with Crippen molar-refractivity contribution in [2.24, 2.45) is 0 Å². The number of aliphatic hydroxyl groups excluding tert-OH is 1. The van der Waals surface area contributed by atoms with Crippen LogP contribution in [0.1, 0.15) is 19.4 Å². The third kappa shape index (κ3) is 4.62. The largest absolute Gasteiger partial charge is 0.486 e. The van der Waals surface area contributed by atoms with Crippen LogP contribution in [0.2, 0.25) is 0 Å². The summed E-state index contributed by atoms with van der Waals surface area (Å²) in [6, 6.07) is 6.93. The van der Waals surface area contributed by atoms with Crippen molar-refractivity contribution in [3.05, 3.63) is 29.8 Å². The van der Waals surface area contributed by atoms with Crippen molar-refractivity contribution in [3.8, 4) is 5.75 Å². The van der Waals surface area contributed by atoms with Crippen molar-refractivity contribution >= 4 is 6.29 Å². The first-order valence-corrected chi connectivity index (χ1v) is 4.63. The van der Waals surface area contributed by atoms with Crippen molar-refractivity contribution in [1.82, 2.24) is 0 Å². The first-order chi connectivity index (χ1) is 6.86. The lowest BCUT2D eigenvalue weighted by Crippen LogP contribution is -1.97. The van der Waals surface area contributed by atoms with E-state index in [-0.39, 0.29) is 13.2 Å². The fraction of sp³-hybridized carbons (Fsp3) is 0.364. The molecule has 0 aliphatic heterocycles. The summed E-state index contributed by atoms with van der Waals surface area (Å²) in [5.74, 6) is 0.638. The van der Waals surface area contributed by atoms with Gasteiger partial charge in [0.2, 0.25) is 0 Å². The van der Waals surface area contributed by atoms with Crippen molar-refractivity contribution in [1.29, 1.82) is 0 Å². The minimum atomic E-state index is 0.0218. The minimum absolute atomic E-state index is 0.0218. The predicted molar refractivity (Wildman–Crippen MR) is 55.3 cm³/mol. The van der Waals surface area contributed by atoms with Crippen molar-refractivity contribution in [2.75, 3.05) is 6.61 Å². The highest BCUT2D eigenvalue weighted by atomic mass is 16.5. The highest BCUT2D eigenvalue weighted by Gasteiger charge is 1.92. The summed E-state index contributed by atoms with van der Waals surface area (Å²) in [6.45, 7) is 4.09. The fourth-order valence-electron chi connectivity index (χ4n) is 0.821. The molecule has 0 saturated carbocycles. The van der Waals surface area contributed by atoms with E-state index < -0.39 is 0 Å². The molecule has 0 aromatic heterocycles. The summed E-state index contributed by atoms with van der Waals surface area (Å²) in [4.78, 5) is 9.94. The molecule has 1 aromatic rings. The topological polar surface area (TPSA) is 46.5 Å². The Kier molecular flexibility index (Phi) is 7.46. The molecule has 0 fully saturated rings. The Morgan fingerprint density at radius 3 is 2.29 bits per heavy atom. The lowest BCUT2D eigenvalue weighted by Gasteiger charge is -2.01. The van der Waals surface area contributed by atoms with E-state index in [1.54, 1.807) is 24.3 Å². The van der Waals surface area contributed by atoms with Crippen LogP contribution in [0.4, 0.5) is 0 Å². The quantitative estimate of drug-likeness (QED) is 0.747. The molecule has 0 heterocycles. The molecule has 0 bridgehead atoms. The molecule has 78 valence electrons. The Morgan fingerprint density at radius 2 is 1.86 bits per heavy atom. The highest BCUT2D eigenvalue weighted by Crippen LogP contribution is 2.11. The van der Waals surface area contributed by atoms with Gasteiger partial charge in [0, 0.05) is 0 Å². The third-order valence-electron chi connectivity index (χ3n) is 1.42. The molecular formula is C11H16O3. The Hall–Kier alpha value is -1.35. The van der Waals surface area contributed by atoms with E-state index in [9.17, 15) is 4.79 Å². The Labute approximate surface area is 84.3 Å². The number of carbonyl (C=O) groups excluding carboxylic acids is 1. The van der Waals surface area contributed by atoms with Crippen LogP contribution in [-0.2, 0) is 11.4 Å². The van der Waals surface area contributed by atoms with Crippen LogP contribution in [0.3, 0.4) is 0 Å². The molecular weight excluding hydrogens is 180 g/mol. The van der Waals surface area contributed by atoms with Crippen LogP contribution >= 0.6 is 0 Å². The average Bonchev–Trinajstić information content (AvgIpc) is 2.30. The normalized spacial score (nSPS) is 8.50. The lowest BCUT2D eigenvalue weighted by atomic mass is 10.2. The Bertz CT molecular complexity index is 241. The summed E-state index contributed by atoms with van der Waals surface area (Å²) in [5.41, 5.74) is 0.827. The van der Waals surface area contributed by atoms with E-state index in [0.29, 0.717) is 12.0 Å². The van der Waals surface area contributed by atoms with Gasteiger partial charge in [-0.2, -0.15) is 0 Å². The second kappa shape index (κ2) is 8.26. The molecule has 3 nitrogen and oxygen atoms in total. The van der Waals surface area contributed by atoms with Gasteiger partial charge in [-0.3, -0.25) is 4.79 Å². The standard InChI is InChI=1S/C9H10O3.C2H6/c10-5-6-12-9-3-1-8(7-11)2-4-9;1-2/h1-5,11H,6-7H2;1-2H3. The zero-order chi connectivity index (χ0) is 10.8. The van der Waals surface area contributed by atoms with E-state index in [0.717, 1.165) is 5.56 Å². The minimum Gasteiger partial charge on any atom is -0.486 e. The Balaban J connectivity index is 0.000000791. The van der Waals surface area contributed by atoms with Gasteiger partial charge < -0.3 is 9.84 Å². The SMILES string of the molecule is CC.O=CCOc1ccc(CO)cc1. The third-order valence-corrected chi connectivity index (χ3v) is 1.42. The molecule has 0 unspecified atom stereocenters. The van der Waals surface area contributed by atoms with Gasteiger partial charge in [-0.1, -0.05) is 26.0 Å². The van der Waals surface area contributed by atoms with E-state index in [4.69, 9.17) is 9.84 Å². The fourth-order valence-corrected chi connectivity index (χ4v) is 0.821.